The van der Waals surface area contributed by atoms with Crippen LogP contribution in [-0.2, 0) is 14.8 Å². The number of fused-ring (bicyclic) bond motifs is 3. The van der Waals surface area contributed by atoms with Crippen LogP contribution in [-0.4, -0.2) is 34.0 Å². The smallest absolute Gasteiger partial charge is 0.247 e. The van der Waals surface area contributed by atoms with E-state index in [1.807, 2.05) is 4.90 Å². The lowest BCUT2D eigenvalue weighted by Gasteiger charge is -2.33. The number of sulfonamides is 1. The van der Waals surface area contributed by atoms with Gasteiger partial charge in [0.1, 0.15) is 6.04 Å². The SMILES string of the molecule is CNS(=O)(=O)c1ccc2c(c1)NC(=O)[C@H]1CCCN21. The summed E-state index contributed by atoms with van der Waals surface area (Å²) in [4.78, 5) is 14.2. The fourth-order valence-electron chi connectivity index (χ4n) is 2.69. The van der Waals surface area contributed by atoms with Gasteiger partial charge in [-0.05, 0) is 38.1 Å². The Kier molecular flexibility index (Phi) is 2.75. The molecule has 0 aliphatic carbocycles. The van der Waals surface area contributed by atoms with Crippen LogP contribution in [0.2, 0.25) is 0 Å². The van der Waals surface area contributed by atoms with E-state index in [1.165, 1.54) is 13.1 Å². The highest BCUT2D eigenvalue weighted by Gasteiger charge is 2.36. The number of nitrogens with one attached hydrogen (secondary N) is 2. The Bertz CT molecular complexity index is 642. The van der Waals surface area contributed by atoms with Crippen molar-refractivity contribution in [2.45, 2.75) is 23.8 Å². The summed E-state index contributed by atoms with van der Waals surface area (Å²) < 4.78 is 25.8. The Morgan fingerprint density at radius 2 is 2.21 bits per heavy atom. The Morgan fingerprint density at radius 3 is 2.95 bits per heavy atom. The Morgan fingerprint density at radius 1 is 1.42 bits per heavy atom. The molecule has 102 valence electrons. The average Bonchev–Trinajstić information content (AvgIpc) is 2.88. The largest absolute Gasteiger partial charge is 0.358 e. The van der Waals surface area contributed by atoms with Gasteiger partial charge in [0, 0.05) is 6.54 Å². The van der Waals surface area contributed by atoms with E-state index < -0.39 is 10.0 Å². The zero-order valence-electron chi connectivity index (χ0n) is 10.5. The van der Waals surface area contributed by atoms with E-state index in [-0.39, 0.29) is 16.8 Å². The lowest BCUT2D eigenvalue weighted by atomic mass is 10.1. The normalized spacial score (nSPS) is 21.8. The molecule has 3 rings (SSSR count). The quantitative estimate of drug-likeness (QED) is 0.828. The van der Waals surface area contributed by atoms with E-state index in [0.717, 1.165) is 25.1 Å². The molecule has 2 N–H and O–H groups in total. The van der Waals surface area contributed by atoms with E-state index in [0.29, 0.717) is 5.69 Å². The molecule has 0 saturated carbocycles. The van der Waals surface area contributed by atoms with Gasteiger partial charge in [0.05, 0.1) is 16.3 Å². The van der Waals surface area contributed by atoms with E-state index in [1.54, 1.807) is 12.1 Å². The first-order valence-electron chi connectivity index (χ1n) is 6.18. The maximum atomic E-state index is 12.0. The van der Waals surface area contributed by atoms with Crippen LogP contribution in [0, 0.1) is 0 Å². The predicted molar refractivity (Wildman–Crippen MR) is 71.7 cm³/mol. The molecule has 6 nitrogen and oxygen atoms in total. The highest BCUT2D eigenvalue weighted by molar-refractivity contribution is 7.89. The van der Waals surface area contributed by atoms with E-state index in [9.17, 15) is 13.2 Å². The molecule has 1 atom stereocenters. The number of nitrogens with zero attached hydrogens (tertiary/aromatic N) is 1. The van der Waals surface area contributed by atoms with Crippen LogP contribution < -0.4 is 14.9 Å². The molecule has 2 heterocycles. The maximum Gasteiger partial charge on any atom is 0.247 e. The number of hydrogen-bond donors (Lipinski definition) is 2. The van der Waals surface area contributed by atoms with Crippen LogP contribution in [0.1, 0.15) is 12.8 Å². The van der Waals surface area contributed by atoms with E-state index in [4.69, 9.17) is 0 Å². The van der Waals surface area contributed by atoms with Gasteiger partial charge in [0.2, 0.25) is 15.9 Å². The van der Waals surface area contributed by atoms with Gasteiger partial charge in [-0.15, -0.1) is 0 Å². The second kappa shape index (κ2) is 4.21. The molecular formula is C12H15N3O3S. The summed E-state index contributed by atoms with van der Waals surface area (Å²) in [5.41, 5.74) is 1.47. The molecule has 7 heteroatoms. The lowest BCUT2D eigenvalue weighted by Crippen LogP contribution is -2.43. The fourth-order valence-corrected chi connectivity index (χ4v) is 3.45. The summed E-state index contributed by atoms with van der Waals surface area (Å²) in [5, 5.41) is 2.80. The van der Waals surface area contributed by atoms with Crippen molar-refractivity contribution in [1.29, 1.82) is 0 Å². The molecule has 2 aliphatic rings. The van der Waals surface area contributed by atoms with Crippen molar-refractivity contribution in [3.63, 3.8) is 0 Å². The first kappa shape index (κ1) is 12.4. The van der Waals surface area contributed by atoms with Crippen LogP contribution >= 0.6 is 0 Å². The van der Waals surface area contributed by atoms with E-state index in [2.05, 4.69) is 10.0 Å². The van der Waals surface area contributed by atoms with Crippen LogP contribution in [0.4, 0.5) is 11.4 Å². The summed E-state index contributed by atoms with van der Waals surface area (Å²) in [7, 11) is -2.13. The van der Waals surface area contributed by atoms with Gasteiger partial charge in [0.25, 0.3) is 0 Å². The molecule has 0 aromatic heterocycles. The number of carbonyl (C=O) groups excluding carboxylic acids is 1. The number of benzene rings is 1. The number of amides is 1. The predicted octanol–water partition coefficient (Wildman–Crippen LogP) is 0.516. The molecule has 2 aliphatic heterocycles. The molecule has 0 bridgehead atoms. The number of hydrogen-bond acceptors (Lipinski definition) is 4. The second-order valence-corrected chi connectivity index (χ2v) is 6.61. The first-order valence-corrected chi connectivity index (χ1v) is 7.66. The van der Waals surface area contributed by atoms with Crippen molar-refractivity contribution in [3.8, 4) is 0 Å². The topological polar surface area (TPSA) is 78.5 Å². The highest BCUT2D eigenvalue weighted by atomic mass is 32.2. The molecule has 0 radical (unpaired) electrons. The van der Waals surface area contributed by atoms with Gasteiger partial charge >= 0.3 is 0 Å². The van der Waals surface area contributed by atoms with Crippen LogP contribution in [0.5, 0.6) is 0 Å². The monoisotopic (exact) mass is 281 g/mol. The van der Waals surface area contributed by atoms with Gasteiger partial charge in [-0.2, -0.15) is 0 Å². The molecule has 0 unspecified atom stereocenters. The molecule has 1 amide bonds. The van der Waals surface area contributed by atoms with Gasteiger partial charge in [0.15, 0.2) is 0 Å². The van der Waals surface area contributed by atoms with Gasteiger partial charge < -0.3 is 10.2 Å². The Labute approximate surface area is 111 Å². The zero-order valence-corrected chi connectivity index (χ0v) is 11.3. The highest BCUT2D eigenvalue weighted by Crippen LogP contribution is 2.37. The average molecular weight is 281 g/mol. The third-order valence-corrected chi connectivity index (χ3v) is 5.08. The van der Waals surface area contributed by atoms with Crippen LogP contribution in [0.25, 0.3) is 0 Å². The number of rotatable bonds is 2. The molecule has 19 heavy (non-hydrogen) atoms. The van der Waals surface area contributed by atoms with Crippen molar-refractivity contribution >= 4 is 27.3 Å². The van der Waals surface area contributed by atoms with Gasteiger partial charge in [-0.1, -0.05) is 0 Å². The fraction of sp³-hybridized carbons (Fsp3) is 0.417. The first-order chi connectivity index (χ1) is 9.03. The minimum absolute atomic E-state index is 0.0518. The molecular weight excluding hydrogens is 266 g/mol. The molecule has 1 saturated heterocycles. The molecule has 1 aromatic rings. The Hall–Kier alpha value is -1.60. The summed E-state index contributed by atoms with van der Waals surface area (Å²) >= 11 is 0. The Balaban J connectivity index is 2.08. The van der Waals surface area contributed by atoms with Gasteiger partial charge in [-0.3, -0.25) is 4.79 Å². The van der Waals surface area contributed by atoms with Crippen molar-refractivity contribution in [2.24, 2.45) is 0 Å². The third kappa shape index (κ3) is 1.89. The van der Waals surface area contributed by atoms with Crippen LogP contribution in [0.3, 0.4) is 0 Å². The van der Waals surface area contributed by atoms with Crippen molar-refractivity contribution in [2.75, 3.05) is 23.8 Å². The zero-order chi connectivity index (χ0) is 13.6. The van der Waals surface area contributed by atoms with Crippen molar-refractivity contribution < 1.29 is 13.2 Å². The lowest BCUT2D eigenvalue weighted by molar-refractivity contribution is -0.117. The van der Waals surface area contributed by atoms with Crippen molar-refractivity contribution in [3.05, 3.63) is 18.2 Å². The summed E-state index contributed by atoms with van der Waals surface area (Å²) in [6, 6.07) is 4.72. The molecule has 0 spiro atoms. The number of carbonyl (C=O) groups is 1. The summed E-state index contributed by atoms with van der Waals surface area (Å²) in [5.74, 6) is -0.0518. The summed E-state index contributed by atoms with van der Waals surface area (Å²) in [6.45, 7) is 0.837. The molecule has 1 fully saturated rings. The van der Waals surface area contributed by atoms with Gasteiger partial charge in [-0.25, -0.2) is 13.1 Å². The van der Waals surface area contributed by atoms with Crippen LogP contribution in [0.15, 0.2) is 23.1 Å². The minimum Gasteiger partial charge on any atom is -0.358 e. The minimum atomic E-state index is -3.49. The summed E-state index contributed by atoms with van der Waals surface area (Å²) in [6.07, 6.45) is 1.83. The maximum absolute atomic E-state index is 12.0. The second-order valence-electron chi connectivity index (χ2n) is 4.73. The van der Waals surface area contributed by atoms with E-state index >= 15 is 0 Å². The third-order valence-electron chi connectivity index (χ3n) is 3.67. The van der Waals surface area contributed by atoms with Crippen molar-refractivity contribution in [1.82, 2.24) is 4.72 Å². The standard InChI is InChI=1S/C12H15N3O3S/c1-13-19(17,18)8-4-5-10-9(7-8)14-12(16)11-3-2-6-15(10)11/h4-5,7,11,13H,2-3,6H2,1H3,(H,14,16)/t11-/m1/s1. The molecule has 1 aromatic carbocycles. The number of anilines is 2.